The van der Waals surface area contributed by atoms with Gasteiger partial charge in [0.25, 0.3) is 11.8 Å². The number of ether oxygens (including phenoxy) is 2. The Balaban J connectivity index is 1.61. The van der Waals surface area contributed by atoms with Gasteiger partial charge in [-0.15, -0.1) is 0 Å². The number of furan rings is 1. The molecule has 3 heterocycles. The van der Waals surface area contributed by atoms with Crippen molar-refractivity contribution < 1.29 is 37.9 Å². The summed E-state index contributed by atoms with van der Waals surface area (Å²) in [7, 11) is 0. The normalized spacial score (nSPS) is 18.1. The Bertz CT molecular complexity index is 1210. The molecule has 2 N–H and O–H groups in total. The molecule has 36 heavy (non-hydrogen) atoms. The van der Waals surface area contributed by atoms with Crippen LogP contribution >= 0.6 is 0 Å². The summed E-state index contributed by atoms with van der Waals surface area (Å²) in [5.41, 5.74) is 0.415. The number of fused-ring (bicyclic) bond motifs is 1. The van der Waals surface area contributed by atoms with Gasteiger partial charge >= 0.3 is 18.0 Å². The molecule has 0 radical (unpaired) electrons. The summed E-state index contributed by atoms with van der Waals surface area (Å²) >= 11 is 0. The van der Waals surface area contributed by atoms with Crippen LogP contribution in [0.5, 0.6) is 0 Å². The lowest BCUT2D eigenvalue weighted by Gasteiger charge is -2.30. The SMILES string of the molecule is CCOC(=O)C1=C(COC(=O)[C@H](C(C)C)N2C(=O)c3ccccc3C2=O)NC(=O)N[C@H]1c1ccco1. The minimum atomic E-state index is -1.22. The molecule has 0 bridgehead atoms. The molecule has 11 nitrogen and oxygen atoms in total. The molecule has 4 amide bonds. The first kappa shape index (κ1) is 24.7. The Kier molecular flexibility index (Phi) is 6.91. The van der Waals surface area contributed by atoms with Crippen molar-refractivity contribution in [3.63, 3.8) is 0 Å². The number of rotatable bonds is 8. The molecule has 2 atom stereocenters. The van der Waals surface area contributed by atoms with Crippen molar-refractivity contribution in [2.45, 2.75) is 32.9 Å². The van der Waals surface area contributed by atoms with Crippen molar-refractivity contribution in [2.75, 3.05) is 13.2 Å². The zero-order chi connectivity index (χ0) is 26.0. The number of hydrogen-bond acceptors (Lipinski definition) is 8. The topological polar surface area (TPSA) is 144 Å². The van der Waals surface area contributed by atoms with Crippen LogP contribution in [0.3, 0.4) is 0 Å². The first-order valence-corrected chi connectivity index (χ1v) is 11.4. The summed E-state index contributed by atoms with van der Waals surface area (Å²) in [5, 5.41) is 5.08. The number of urea groups is 1. The maximum atomic E-state index is 13.2. The highest BCUT2D eigenvalue weighted by Gasteiger charge is 2.45. The van der Waals surface area contributed by atoms with Gasteiger partial charge in [0.1, 0.15) is 24.5 Å². The third kappa shape index (κ3) is 4.47. The summed E-state index contributed by atoms with van der Waals surface area (Å²) < 4.78 is 16.0. The van der Waals surface area contributed by atoms with E-state index in [9.17, 15) is 24.0 Å². The Labute approximate surface area is 206 Å². The highest BCUT2D eigenvalue weighted by molar-refractivity contribution is 6.22. The number of benzene rings is 1. The number of nitrogens with zero attached hydrogens (tertiary/aromatic N) is 1. The van der Waals surface area contributed by atoms with Crippen molar-refractivity contribution >= 4 is 29.8 Å². The Morgan fingerprint density at radius 1 is 1.03 bits per heavy atom. The molecule has 1 aromatic heterocycles. The highest BCUT2D eigenvalue weighted by Crippen LogP contribution is 2.30. The largest absolute Gasteiger partial charge is 0.467 e. The van der Waals surface area contributed by atoms with Crippen molar-refractivity contribution in [1.29, 1.82) is 0 Å². The van der Waals surface area contributed by atoms with Gasteiger partial charge in [0.2, 0.25) is 0 Å². The second kappa shape index (κ2) is 10.1. The van der Waals surface area contributed by atoms with E-state index in [1.807, 2.05) is 0 Å². The van der Waals surface area contributed by atoms with Gasteiger partial charge in [0.05, 0.1) is 35.3 Å². The third-order valence-electron chi connectivity index (χ3n) is 5.81. The second-order valence-corrected chi connectivity index (χ2v) is 8.48. The average Bonchev–Trinajstić information content (AvgIpc) is 3.46. The smallest absolute Gasteiger partial charge is 0.338 e. The fourth-order valence-corrected chi connectivity index (χ4v) is 4.22. The fraction of sp³-hybridized carbons (Fsp3) is 0.320. The molecule has 188 valence electrons. The van der Waals surface area contributed by atoms with Gasteiger partial charge in [-0.05, 0) is 37.1 Å². The molecular formula is C25H25N3O8. The molecule has 2 aromatic rings. The molecule has 1 aromatic carbocycles. The van der Waals surface area contributed by atoms with Crippen LogP contribution in [0.15, 0.2) is 58.3 Å². The number of imide groups is 1. The Hall–Kier alpha value is -4.41. The van der Waals surface area contributed by atoms with E-state index >= 15 is 0 Å². The number of esters is 2. The minimum absolute atomic E-state index is 0.000951. The number of nitrogens with one attached hydrogen (secondary N) is 2. The molecule has 0 saturated heterocycles. The van der Waals surface area contributed by atoms with Crippen LogP contribution in [0.25, 0.3) is 0 Å². The highest BCUT2D eigenvalue weighted by atomic mass is 16.5. The zero-order valence-electron chi connectivity index (χ0n) is 19.9. The Morgan fingerprint density at radius 3 is 2.25 bits per heavy atom. The standard InChI is InChI=1S/C25H25N3O8/c1-4-34-23(31)18-16(26-25(33)27-19(18)17-10-7-11-35-17)12-36-24(32)20(13(2)3)28-21(29)14-8-5-6-9-15(14)22(28)30/h5-11,13,19-20H,4,12H2,1-3H3,(H2,26,27,33)/t19-,20-/m0/s1. The van der Waals surface area contributed by atoms with Crippen LogP contribution in [0.1, 0.15) is 53.3 Å². The first-order valence-electron chi connectivity index (χ1n) is 11.4. The van der Waals surface area contributed by atoms with Gasteiger partial charge in [-0.2, -0.15) is 0 Å². The minimum Gasteiger partial charge on any atom is -0.467 e. The lowest BCUT2D eigenvalue weighted by atomic mass is 10.00. The van der Waals surface area contributed by atoms with Gasteiger partial charge in [-0.25, -0.2) is 14.4 Å². The van der Waals surface area contributed by atoms with E-state index in [-0.39, 0.29) is 34.8 Å². The predicted octanol–water partition coefficient (Wildman–Crippen LogP) is 2.31. The van der Waals surface area contributed by atoms with Crippen molar-refractivity contribution in [3.8, 4) is 0 Å². The summed E-state index contributed by atoms with van der Waals surface area (Å²) in [6.07, 6.45) is 1.39. The quantitative estimate of drug-likeness (QED) is 0.419. The average molecular weight is 495 g/mol. The van der Waals surface area contributed by atoms with E-state index in [2.05, 4.69) is 10.6 Å². The van der Waals surface area contributed by atoms with Gasteiger partial charge < -0.3 is 24.5 Å². The summed E-state index contributed by atoms with van der Waals surface area (Å²) in [4.78, 5) is 65.1. The maximum Gasteiger partial charge on any atom is 0.338 e. The van der Waals surface area contributed by atoms with Crippen LogP contribution in [0, 0.1) is 5.92 Å². The van der Waals surface area contributed by atoms with E-state index in [1.165, 1.54) is 18.4 Å². The monoisotopic (exact) mass is 495 g/mol. The first-order chi connectivity index (χ1) is 17.2. The molecule has 2 aliphatic rings. The molecular weight excluding hydrogens is 470 g/mol. The van der Waals surface area contributed by atoms with Crippen LogP contribution in [0.2, 0.25) is 0 Å². The predicted molar refractivity (Wildman–Crippen MR) is 123 cm³/mol. The molecule has 11 heteroatoms. The summed E-state index contributed by atoms with van der Waals surface area (Å²) in [5.74, 6) is -2.98. The second-order valence-electron chi connectivity index (χ2n) is 8.48. The van der Waals surface area contributed by atoms with E-state index in [0.717, 1.165) is 4.90 Å². The number of carbonyl (C=O) groups is 5. The lowest BCUT2D eigenvalue weighted by Crippen LogP contribution is -2.50. The van der Waals surface area contributed by atoms with Gasteiger partial charge in [0, 0.05) is 0 Å². The van der Waals surface area contributed by atoms with Crippen LogP contribution in [-0.4, -0.2) is 53.9 Å². The molecule has 0 spiro atoms. The van der Waals surface area contributed by atoms with Crippen molar-refractivity contribution in [1.82, 2.24) is 15.5 Å². The van der Waals surface area contributed by atoms with Crippen LogP contribution in [-0.2, 0) is 19.1 Å². The molecule has 0 fully saturated rings. The van der Waals surface area contributed by atoms with Crippen molar-refractivity contribution in [3.05, 3.63) is 70.8 Å². The van der Waals surface area contributed by atoms with Gasteiger partial charge in [0.15, 0.2) is 0 Å². The van der Waals surface area contributed by atoms with E-state index in [4.69, 9.17) is 13.9 Å². The zero-order valence-corrected chi connectivity index (χ0v) is 19.9. The van der Waals surface area contributed by atoms with Crippen LogP contribution in [0.4, 0.5) is 4.79 Å². The third-order valence-corrected chi connectivity index (χ3v) is 5.81. The summed E-state index contributed by atoms with van der Waals surface area (Å²) in [6.45, 7) is 4.55. The molecule has 4 rings (SSSR count). The fourth-order valence-electron chi connectivity index (χ4n) is 4.22. The number of carbonyl (C=O) groups excluding carboxylic acids is 5. The Morgan fingerprint density at radius 2 is 1.69 bits per heavy atom. The van der Waals surface area contributed by atoms with Gasteiger partial charge in [-0.1, -0.05) is 26.0 Å². The van der Waals surface area contributed by atoms with Crippen molar-refractivity contribution in [2.24, 2.45) is 5.92 Å². The maximum absolute atomic E-state index is 13.2. The van der Waals surface area contributed by atoms with E-state index in [0.29, 0.717) is 0 Å². The van der Waals surface area contributed by atoms with Crippen LogP contribution < -0.4 is 10.6 Å². The molecule has 0 unspecified atom stereocenters. The lowest BCUT2D eigenvalue weighted by molar-refractivity contribution is -0.149. The molecule has 0 saturated carbocycles. The van der Waals surface area contributed by atoms with E-state index in [1.54, 1.807) is 45.0 Å². The number of hydrogen-bond donors (Lipinski definition) is 2. The van der Waals surface area contributed by atoms with Gasteiger partial charge in [-0.3, -0.25) is 14.5 Å². The van der Waals surface area contributed by atoms with E-state index < -0.39 is 54.4 Å². The number of amides is 4. The molecule has 0 aliphatic carbocycles. The molecule has 2 aliphatic heterocycles. The summed E-state index contributed by atoms with van der Waals surface area (Å²) in [6, 6.07) is 6.65.